The molecule has 3 amide bonds. The van der Waals surface area contributed by atoms with Gasteiger partial charge in [-0.05, 0) is 76.1 Å². The predicted octanol–water partition coefficient (Wildman–Crippen LogP) is 5.00. The van der Waals surface area contributed by atoms with E-state index in [1.165, 1.54) is 17.3 Å². The lowest BCUT2D eigenvalue weighted by molar-refractivity contribution is -0.144. The number of nitrogens with one attached hydrogen (secondary N) is 4. The minimum Gasteiger partial charge on any atom is -0.391 e. The SMILES string of the molecule is Cc1ncsc1-c1ccc([C@H](C)NC(=O)[C@@H]2C[C@@H](O)CN2C(=O)[C@@H](NC(=O)COCCOCCCNCC2CN(c3nn(C(C)C)c4cc(Nc5ccnc(-c6cnn(S(=O)(=O)C7CC7)c6)n5)ncc34)C2)C(C)(C)C)cc1. The number of likely N-dealkylation sites (tertiary alicyclic amines) is 1. The largest absolute Gasteiger partial charge is 0.391 e. The monoisotopic (exact) mass is 1090 g/mol. The Morgan fingerprint density at radius 1 is 0.922 bits per heavy atom. The van der Waals surface area contributed by atoms with Crippen LogP contribution in [0, 0.1) is 18.3 Å². The number of aromatic nitrogens is 8. The lowest BCUT2D eigenvalue weighted by Gasteiger charge is -2.39. The first-order valence-corrected chi connectivity index (χ1v) is 28.7. The average Bonchev–Trinajstić information content (AvgIpc) is 3.66. The summed E-state index contributed by atoms with van der Waals surface area (Å²) in [5.74, 6) is 1.50. The maximum atomic E-state index is 14.1. The number of fused-ring (bicyclic) bond motifs is 1. The number of pyridine rings is 1. The highest BCUT2D eigenvalue weighted by molar-refractivity contribution is 7.90. The minimum absolute atomic E-state index is 0.0190. The molecule has 0 radical (unpaired) electrons. The van der Waals surface area contributed by atoms with E-state index in [9.17, 15) is 27.9 Å². The molecule has 0 spiro atoms. The van der Waals surface area contributed by atoms with Crippen LogP contribution in [0.25, 0.3) is 32.7 Å². The van der Waals surface area contributed by atoms with Crippen molar-refractivity contribution in [1.29, 1.82) is 0 Å². The summed E-state index contributed by atoms with van der Waals surface area (Å²) in [5.41, 5.74) is 5.46. The number of anilines is 3. The number of carbonyl (C=O) groups excluding carboxylic acids is 3. The zero-order chi connectivity index (χ0) is 54.6. The zero-order valence-corrected chi connectivity index (χ0v) is 46.3. The summed E-state index contributed by atoms with van der Waals surface area (Å²) in [5, 5.41) is 33.0. The van der Waals surface area contributed by atoms with Crippen LogP contribution < -0.4 is 26.2 Å². The molecule has 412 valence electrons. The molecule has 1 aliphatic carbocycles. The van der Waals surface area contributed by atoms with E-state index in [4.69, 9.17) is 19.6 Å². The Morgan fingerprint density at radius 2 is 1.69 bits per heavy atom. The molecule has 24 heteroatoms. The van der Waals surface area contributed by atoms with Crippen molar-refractivity contribution < 1.29 is 37.4 Å². The Morgan fingerprint density at radius 3 is 2.40 bits per heavy atom. The van der Waals surface area contributed by atoms with Crippen molar-refractivity contribution in [2.24, 2.45) is 11.3 Å². The van der Waals surface area contributed by atoms with Gasteiger partial charge >= 0.3 is 0 Å². The van der Waals surface area contributed by atoms with E-state index in [0.29, 0.717) is 55.0 Å². The maximum Gasteiger partial charge on any atom is 0.256 e. The smallest absolute Gasteiger partial charge is 0.256 e. The molecule has 22 nitrogen and oxygen atoms in total. The molecule has 77 heavy (non-hydrogen) atoms. The number of benzene rings is 1. The Hall–Kier alpha value is -6.44. The fourth-order valence-electron chi connectivity index (χ4n) is 9.57. The lowest BCUT2D eigenvalue weighted by atomic mass is 9.85. The van der Waals surface area contributed by atoms with Crippen LogP contribution >= 0.6 is 11.3 Å². The van der Waals surface area contributed by atoms with Crippen LogP contribution in [0.15, 0.2) is 66.7 Å². The number of aliphatic hydroxyl groups excluding tert-OH is 1. The first-order chi connectivity index (χ1) is 36.8. The zero-order valence-electron chi connectivity index (χ0n) is 44.7. The number of hydrogen-bond acceptors (Lipinski definition) is 18. The average molecular weight is 1100 g/mol. The van der Waals surface area contributed by atoms with Gasteiger partial charge in [0.05, 0.1) is 75.6 Å². The third kappa shape index (κ3) is 13.1. The number of carbonyl (C=O) groups is 3. The second-order valence-corrected chi connectivity index (χ2v) is 24.5. The second kappa shape index (κ2) is 23.7. The second-order valence-electron chi connectivity index (χ2n) is 21.6. The minimum atomic E-state index is -3.50. The summed E-state index contributed by atoms with van der Waals surface area (Å²) < 4.78 is 39.7. The molecule has 4 atom stereocenters. The van der Waals surface area contributed by atoms with Gasteiger partial charge in [0.15, 0.2) is 11.6 Å². The van der Waals surface area contributed by atoms with Crippen molar-refractivity contribution in [2.45, 2.75) is 110 Å². The number of ether oxygens (including phenoxy) is 2. The van der Waals surface area contributed by atoms with Crippen molar-refractivity contribution in [3.8, 4) is 21.8 Å². The summed E-state index contributed by atoms with van der Waals surface area (Å²) >= 11 is 1.57. The van der Waals surface area contributed by atoms with Gasteiger partial charge < -0.3 is 45.6 Å². The van der Waals surface area contributed by atoms with Crippen molar-refractivity contribution >= 4 is 67.4 Å². The summed E-state index contributed by atoms with van der Waals surface area (Å²) in [6.45, 7) is 17.6. The summed E-state index contributed by atoms with van der Waals surface area (Å²) in [6, 6.07) is 9.51. The molecule has 1 saturated carbocycles. The van der Waals surface area contributed by atoms with Crippen LogP contribution in [0.1, 0.15) is 90.6 Å². The molecule has 2 aliphatic heterocycles. The van der Waals surface area contributed by atoms with Gasteiger partial charge in [0, 0.05) is 69.6 Å². The highest BCUT2D eigenvalue weighted by atomic mass is 32.2. The van der Waals surface area contributed by atoms with Crippen molar-refractivity contribution in [3.05, 3.63) is 78.0 Å². The first kappa shape index (κ1) is 55.3. The fourth-order valence-corrected chi connectivity index (χ4v) is 11.9. The molecule has 5 aromatic heterocycles. The Kier molecular flexibility index (Phi) is 17.0. The standard InChI is InChI=1S/C53H70N14O8S2/c1-32(2)67-42-22-45(60-44-15-17-55-49(61-44)38-24-58-66(28-38)77(72,73)40-13-14-40)56-25-41(42)50(63-67)64-26-35(27-64)23-54-16-8-18-74-19-20-75-30-46(69)62-48(53(5,6)7)52(71)65-29-39(68)21-43(65)51(70)59-33(3)36-9-11-37(12-10-36)47-34(4)57-31-76-47/h9-12,15,17,22,24-25,28,31-33,35,39-40,43,48,54,68H,8,13-14,16,18-21,23,26-27,29-30H2,1-7H3,(H,59,70)(H,62,69)(H,55,56,60,61)/t33-,39+,43-,48+/m0/s1. The molecular weight excluding hydrogens is 1020 g/mol. The van der Waals surface area contributed by atoms with Crippen LogP contribution in [0.2, 0.25) is 0 Å². The van der Waals surface area contributed by atoms with Crippen molar-refractivity contribution in [2.75, 3.05) is 69.4 Å². The molecule has 2 saturated heterocycles. The van der Waals surface area contributed by atoms with Gasteiger partial charge in [-0.25, -0.2) is 28.4 Å². The molecule has 6 aromatic rings. The predicted molar refractivity (Wildman–Crippen MR) is 293 cm³/mol. The Labute approximate surface area is 452 Å². The number of hydrogen-bond donors (Lipinski definition) is 5. The van der Waals surface area contributed by atoms with Gasteiger partial charge in [-0.3, -0.25) is 19.1 Å². The van der Waals surface area contributed by atoms with E-state index in [2.05, 4.69) is 60.1 Å². The fraction of sp³-hybridized carbons (Fsp3) is 0.528. The molecule has 5 N–H and O–H groups in total. The van der Waals surface area contributed by atoms with Crippen LogP contribution in [0.3, 0.4) is 0 Å². The molecule has 3 aliphatic rings. The van der Waals surface area contributed by atoms with Gasteiger partial charge in [0.2, 0.25) is 17.7 Å². The summed E-state index contributed by atoms with van der Waals surface area (Å²) in [7, 11) is -3.50. The van der Waals surface area contributed by atoms with E-state index in [0.717, 1.165) is 75.1 Å². The highest BCUT2D eigenvalue weighted by Gasteiger charge is 2.45. The molecule has 3 fully saturated rings. The maximum absolute atomic E-state index is 14.1. The number of aliphatic hydroxyl groups is 1. The quantitative estimate of drug-likeness (QED) is 0.0499. The summed E-state index contributed by atoms with van der Waals surface area (Å²) in [6.07, 6.45) is 7.66. The Balaban J connectivity index is 0.661. The highest BCUT2D eigenvalue weighted by Crippen LogP contribution is 2.35. The number of thiazole rings is 1. The molecule has 7 heterocycles. The van der Waals surface area contributed by atoms with Crippen LogP contribution in [-0.2, 0) is 33.9 Å². The van der Waals surface area contributed by atoms with E-state index in [1.807, 2.05) is 81.3 Å². The molecule has 9 rings (SSSR count). The van der Waals surface area contributed by atoms with E-state index >= 15 is 0 Å². The molecule has 0 bridgehead atoms. The van der Waals surface area contributed by atoms with Gasteiger partial charge in [0.25, 0.3) is 10.0 Å². The number of β-amino-alcohol motifs (C(OH)–C–C–N with tert-alkyl or cyclic N) is 1. The molecular formula is C53H70N14O8S2. The number of rotatable bonds is 24. The first-order valence-electron chi connectivity index (χ1n) is 26.3. The van der Waals surface area contributed by atoms with Gasteiger partial charge in [-0.15, -0.1) is 11.3 Å². The molecule has 1 aromatic carbocycles. The normalized spacial score (nSPS) is 17.9. The van der Waals surface area contributed by atoms with Crippen LogP contribution in [0.4, 0.5) is 17.5 Å². The van der Waals surface area contributed by atoms with Crippen molar-refractivity contribution in [3.63, 3.8) is 0 Å². The van der Waals surface area contributed by atoms with E-state index in [1.54, 1.807) is 23.6 Å². The van der Waals surface area contributed by atoms with Crippen LogP contribution in [0.5, 0.6) is 0 Å². The topological polar surface area (TPSA) is 266 Å². The molecule has 0 unspecified atom stereocenters. The number of nitrogens with zero attached hydrogens (tertiary/aromatic N) is 10. The van der Waals surface area contributed by atoms with Gasteiger partial charge in [-0.2, -0.15) is 14.3 Å². The van der Waals surface area contributed by atoms with E-state index in [-0.39, 0.29) is 49.4 Å². The van der Waals surface area contributed by atoms with Crippen molar-refractivity contribution in [1.82, 2.24) is 59.8 Å². The number of amides is 3. The lowest BCUT2D eigenvalue weighted by Crippen LogP contribution is -2.58. The number of aryl methyl sites for hydroxylation is 1. The van der Waals surface area contributed by atoms with Gasteiger partial charge in [-0.1, -0.05) is 45.0 Å². The van der Waals surface area contributed by atoms with E-state index < -0.39 is 45.4 Å². The van der Waals surface area contributed by atoms with Crippen LogP contribution in [-0.4, -0.2) is 158 Å². The Bertz CT molecular complexity index is 3150. The van der Waals surface area contributed by atoms with Gasteiger partial charge in [0.1, 0.15) is 30.3 Å². The third-order valence-electron chi connectivity index (χ3n) is 14.0. The summed E-state index contributed by atoms with van der Waals surface area (Å²) in [4.78, 5) is 63.6. The third-order valence-corrected chi connectivity index (χ3v) is 17.0.